The molecule has 1 unspecified atom stereocenters. The molecular weight excluding hydrogens is 240 g/mol. The zero-order valence-electron chi connectivity index (χ0n) is 11.2. The van der Waals surface area contributed by atoms with E-state index >= 15 is 0 Å². The van der Waals surface area contributed by atoms with Gasteiger partial charge < -0.3 is 5.73 Å². The van der Waals surface area contributed by atoms with Gasteiger partial charge >= 0.3 is 0 Å². The van der Waals surface area contributed by atoms with Crippen LogP contribution in [0.25, 0.3) is 0 Å². The average molecular weight is 260 g/mol. The number of thiophene rings is 1. The first-order valence-corrected chi connectivity index (χ1v) is 7.05. The molecule has 0 fully saturated rings. The van der Waals surface area contributed by atoms with Crippen LogP contribution < -0.4 is 5.73 Å². The van der Waals surface area contributed by atoms with Crippen LogP contribution in [-0.4, -0.2) is 11.9 Å². The highest BCUT2D eigenvalue weighted by atomic mass is 32.1. The summed E-state index contributed by atoms with van der Waals surface area (Å²) in [6, 6.07) is 10.9. The molecule has 0 amide bonds. The monoisotopic (exact) mass is 260 g/mol. The molecule has 0 aliphatic heterocycles. The zero-order chi connectivity index (χ0) is 13.1. The number of hydrogen-bond acceptors (Lipinski definition) is 3. The van der Waals surface area contributed by atoms with E-state index in [-0.39, 0.29) is 0 Å². The summed E-state index contributed by atoms with van der Waals surface area (Å²) < 4.78 is 0. The lowest BCUT2D eigenvalue weighted by atomic mass is 10.1. The van der Waals surface area contributed by atoms with E-state index in [1.54, 1.807) is 0 Å². The molecule has 0 saturated heterocycles. The van der Waals surface area contributed by atoms with Gasteiger partial charge in [-0.05, 0) is 49.5 Å². The quantitative estimate of drug-likeness (QED) is 0.846. The third-order valence-electron chi connectivity index (χ3n) is 3.52. The normalized spacial score (nSPS) is 12.9. The van der Waals surface area contributed by atoms with Crippen molar-refractivity contribution in [2.24, 2.45) is 0 Å². The second kappa shape index (κ2) is 5.55. The minimum Gasteiger partial charge on any atom is -0.399 e. The van der Waals surface area contributed by atoms with Gasteiger partial charge in [0.15, 0.2) is 0 Å². The summed E-state index contributed by atoms with van der Waals surface area (Å²) >= 11 is 1.81. The Kier molecular flexibility index (Phi) is 4.04. The molecule has 0 aliphatic carbocycles. The van der Waals surface area contributed by atoms with Crippen molar-refractivity contribution < 1.29 is 0 Å². The van der Waals surface area contributed by atoms with Crippen LogP contribution in [0.15, 0.2) is 35.7 Å². The fourth-order valence-corrected chi connectivity index (χ4v) is 2.87. The summed E-state index contributed by atoms with van der Waals surface area (Å²) in [6.07, 6.45) is 0. The van der Waals surface area contributed by atoms with E-state index < -0.39 is 0 Å². The highest BCUT2D eigenvalue weighted by molar-refractivity contribution is 7.10. The van der Waals surface area contributed by atoms with Gasteiger partial charge in [0.2, 0.25) is 0 Å². The molecule has 2 aromatic rings. The molecule has 2 nitrogen and oxygen atoms in total. The van der Waals surface area contributed by atoms with Crippen LogP contribution in [0.2, 0.25) is 0 Å². The molecule has 2 rings (SSSR count). The van der Waals surface area contributed by atoms with Gasteiger partial charge in [0, 0.05) is 23.2 Å². The van der Waals surface area contributed by atoms with E-state index in [0.29, 0.717) is 6.04 Å². The van der Waals surface area contributed by atoms with Gasteiger partial charge in [0.25, 0.3) is 0 Å². The van der Waals surface area contributed by atoms with Crippen molar-refractivity contribution in [2.75, 3.05) is 12.8 Å². The van der Waals surface area contributed by atoms with E-state index in [0.717, 1.165) is 12.2 Å². The number of benzene rings is 1. The van der Waals surface area contributed by atoms with Crippen molar-refractivity contribution >= 4 is 17.0 Å². The zero-order valence-corrected chi connectivity index (χ0v) is 12.0. The van der Waals surface area contributed by atoms with Crippen LogP contribution in [-0.2, 0) is 6.54 Å². The summed E-state index contributed by atoms with van der Waals surface area (Å²) in [7, 11) is 2.16. The van der Waals surface area contributed by atoms with Crippen molar-refractivity contribution in [1.82, 2.24) is 4.90 Å². The number of anilines is 1. The molecule has 1 atom stereocenters. The van der Waals surface area contributed by atoms with Gasteiger partial charge in [-0.15, -0.1) is 11.3 Å². The second-order valence-electron chi connectivity index (χ2n) is 4.74. The van der Waals surface area contributed by atoms with Crippen LogP contribution in [0.3, 0.4) is 0 Å². The Morgan fingerprint density at radius 1 is 1.28 bits per heavy atom. The molecule has 2 N–H and O–H groups in total. The molecule has 1 aromatic heterocycles. The van der Waals surface area contributed by atoms with Crippen molar-refractivity contribution in [1.29, 1.82) is 0 Å². The fourth-order valence-electron chi connectivity index (χ4n) is 2.03. The number of rotatable bonds is 4. The Morgan fingerprint density at radius 3 is 2.72 bits per heavy atom. The Balaban J connectivity index is 2.12. The van der Waals surface area contributed by atoms with Crippen molar-refractivity contribution in [3.05, 3.63) is 51.7 Å². The highest BCUT2D eigenvalue weighted by Gasteiger charge is 2.13. The Labute approximate surface area is 113 Å². The maximum Gasteiger partial charge on any atom is 0.0413 e. The van der Waals surface area contributed by atoms with Gasteiger partial charge in [-0.25, -0.2) is 0 Å². The summed E-state index contributed by atoms with van der Waals surface area (Å²) in [5.41, 5.74) is 9.33. The van der Waals surface area contributed by atoms with E-state index in [1.807, 2.05) is 23.5 Å². The molecule has 0 spiro atoms. The SMILES string of the molecule is Cc1c(N)cccc1CN(C)C(C)c1cccs1. The first kappa shape index (κ1) is 13.1. The summed E-state index contributed by atoms with van der Waals surface area (Å²) in [5.74, 6) is 0. The Morgan fingerprint density at radius 2 is 2.06 bits per heavy atom. The summed E-state index contributed by atoms with van der Waals surface area (Å²) in [6.45, 7) is 5.26. The molecule has 1 aromatic carbocycles. The van der Waals surface area contributed by atoms with Crippen LogP contribution in [0.4, 0.5) is 5.69 Å². The standard InChI is InChI=1S/C15H20N2S/c1-11-13(6-4-7-14(11)16)10-17(3)12(2)15-8-5-9-18-15/h4-9,12H,10,16H2,1-3H3. The minimum absolute atomic E-state index is 0.436. The molecule has 1 heterocycles. The predicted molar refractivity (Wildman–Crippen MR) is 79.8 cm³/mol. The lowest BCUT2D eigenvalue weighted by Crippen LogP contribution is -2.21. The Bertz CT molecular complexity index is 505. The lowest BCUT2D eigenvalue weighted by molar-refractivity contribution is 0.256. The predicted octanol–water partition coefficient (Wildman–Crippen LogP) is 3.83. The smallest absolute Gasteiger partial charge is 0.0413 e. The molecule has 18 heavy (non-hydrogen) atoms. The molecule has 0 bridgehead atoms. The van der Waals surface area contributed by atoms with Crippen molar-refractivity contribution in [2.45, 2.75) is 26.4 Å². The molecular formula is C15H20N2S. The highest BCUT2D eigenvalue weighted by Crippen LogP contribution is 2.26. The van der Waals surface area contributed by atoms with Gasteiger partial charge in [-0.3, -0.25) is 4.90 Å². The van der Waals surface area contributed by atoms with E-state index in [2.05, 4.69) is 49.4 Å². The molecule has 3 heteroatoms. The lowest BCUT2D eigenvalue weighted by Gasteiger charge is -2.24. The fraction of sp³-hybridized carbons (Fsp3) is 0.333. The molecule has 96 valence electrons. The van der Waals surface area contributed by atoms with Gasteiger partial charge in [0.05, 0.1) is 0 Å². The maximum atomic E-state index is 5.95. The summed E-state index contributed by atoms with van der Waals surface area (Å²) in [5, 5.41) is 2.13. The number of hydrogen-bond donors (Lipinski definition) is 1. The average Bonchev–Trinajstić information content (AvgIpc) is 2.87. The topological polar surface area (TPSA) is 29.3 Å². The van der Waals surface area contributed by atoms with E-state index in [1.165, 1.54) is 16.0 Å². The van der Waals surface area contributed by atoms with Crippen LogP contribution in [0, 0.1) is 6.92 Å². The first-order chi connectivity index (χ1) is 8.59. The number of nitrogens with zero attached hydrogens (tertiary/aromatic N) is 1. The van der Waals surface area contributed by atoms with Crippen LogP contribution >= 0.6 is 11.3 Å². The third kappa shape index (κ3) is 2.74. The molecule has 0 aliphatic rings. The second-order valence-corrected chi connectivity index (χ2v) is 5.72. The van der Waals surface area contributed by atoms with Gasteiger partial charge in [0.1, 0.15) is 0 Å². The third-order valence-corrected chi connectivity index (χ3v) is 4.57. The first-order valence-electron chi connectivity index (χ1n) is 6.17. The molecule has 0 saturated carbocycles. The largest absolute Gasteiger partial charge is 0.399 e. The Hall–Kier alpha value is -1.32. The minimum atomic E-state index is 0.436. The van der Waals surface area contributed by atoms with Gasteiger partial charge in [-0.1, -0.05) is 18.2 Å². The molecule has 0 radical (unpaired) electrons. The van der Waals surface area contributed by atoms with Crippen LogP contribution in [0.1, 0.15) is 29.0 Å². The van der Waals surface area contributed by atoms with E-state index in [9.17, 15) is 0 Å². The number of nitrogens with two attached hydrogens (primary N) is 1. The van der Waals surface area contributed by atoms with E-state index in [4.69, 9.17) is 5.73 Å². The maximum absolute atomic E-state index is 5.95. The number of nitrogen functional groups attached to an aromatic ring is 1. The van der Waals surface area contributed by atoms with Gasteiger partial charge in [-0.2, -0.15) is 0 Å². The van der Waals surface area contributed by atoms with Crippen molar-refractivity contribution in [3.63, 3.8) is 0 Å². The summed E-state index contributed by atoms with van der Waals surface area (Å²) in [4.78, 5) is 3.76. The van der Waals surface area contributed by atoms with Crippen LogP contribution in [0.5, 0.6) is 0 Å². The van der Waals surface area contributed by atoms with Crippen molar-refractivity contribution in [3.8, 4) is 0 Å².